The quantitative estimate of drug-likeness (QED) is 0.353. The molecule has 10 heteroatoms. The fourth-order valence-corrected chi connectivity index (χ4v) is 3.96. The Hall–Kier alpha value is -3.66. The first-order valence-corrected chi connectivity index (χ1v) is 11.8. The van der Waals surface area contributed by atoms with E-state index in [2.05, 4.69) is 25.6 Å². The van der Waals surface area contributed by atoms with Crippen molar-refractivity contribution < 1.29 is 13.6 Å². The van der Waals surface area contributed by atoms with Crippen molar-refractivity contribution in [3.63, 3.8) is 0 Å². The van der Waals surface area contributed by atoms with Gasteiger partial charge in [-0.15, -0.1) is 0 Å². The Morgan fingerprint density at radius 3 is 2.74 bits per heavy atom. The van der Waals surface area contributed by atoms with E-state index in [4.69, 9.17) is 11.6 Å². The predicted octanol–water partition coefficient (Wildman–Crippen LogP) is 4.88. The number of nitrogens with one attached hydrogen (secondary N) is 2. The molecule has 0 bridgehead atoms. The summed E-state index contributed by atoms with van der Waals surface area (Å²) in [5.74, 6) is -0.253. The number of benzene rings is 2. The summed E-state index contributed by atoms with van der Waals surface area (Å²) in [4.78, 5) is 25.7. The Labute approximate surface area is 203 Å². The van der Waals surface area contributed by atoms with Gasteiger partial charge in [-0.05, 0) is 66.6 Å². The molecule has 0 saturated heterocycles. The molecular weight excluding hydrogens is 474 g/mol. The van der Waals surface area contributed by atoms with E-state index in [0.717, 1.165) is 22.5 Å². The molecule has 0 aliphatic heterocycles. The van der Waals surface area contributed by atoms with Crippen molar-refractivity contribution in [1.82, 2.24) is 15.0 Å². The highest BCUT2D eigenvalue weighted by molar-refractivity contribution is 7.78. The van der Waals surface area contributed by atoms with E-state index in [1.807, 2.05) is 25.1 Å². The minimum absolute atomic E-state index is 0.267. The van der Waals surface area contributed by atoms with E-state index >= 15 is 0 Å². The first kappa shape index (κ1) is 23.5. The molecule has 1 atom stereocenters. The second kappa shape index (κ2) is 10.5. The lowest BCUT2D eigenvalue weighted by Crippen LogP contribution is -2.13. The number of carbonyl (C=O) groups excluding carboxylic acids is 1. The smallest absolute Gasteiger partial charge is 0.255 e. The molecular formula is C24H19ClN5O3S-. The third-order valence-corrected chi connectivity index (χ3v) is 5.85. The van der Waals surface area contributed by atoms with Gasteiger partial charge in [0.05, 0.1) is 5.69 Å². The Kier molecular flexibility index (Phi) is 7.27. The largest absolute Gasteiger partial charge is 0.772 e. The number of aryl methyl sites for hydroxylation is 1. The summed E-state index contributed by atoms with van der Waals surface area (Å²) in [6.07, 6.45) is 5.08. The van der Waals surface area contributed by atoms with Crippen molar-refractivity contribution in [2.45, 2.75) is 12.7 Å². The number of hydrogen-bond donors (Lipinski definition) is 2. The molecule has 0 spiro atoms. The summed E-state index contributed by atoms with van der Waals surface area (Å²) in [6.45, 7) is 1.92. The zero-order valence-corrected chi connectivity index (χ0v) is 19.6. The Balaban J connectivity index is 1.53. The highest BCUT2D eigenvalue weighted by Gasteiger charge is 2.11. The van der Waals surface area contributed by atoms with Crippen LogP contribution in [0.5, 0.6) is 0 Å². The molecule has 2 aromatic carbocycles. The van der Waals surface area contributed by atoms with Crippen LogP contribution >= 0.6 is 11.6 Å². The highest BCUT2D eigenvalue weighted by atomic mass is 35.5. The van der Waals surface area contributed by atoms with Crippen LogP contribution in [0.15, 0.2) is 73.2 Å². The molecule has 4 aromatic rings. The maximum atomic E-state index is 12.8. The Morgan fingerprint density at radius 2 is 1.97 bits per heavy atom. The van der Waals surface area contributed by atoms with Gasteiger partial charge in [0.15, 0.2) is 0 Å². The lowest BCUT2D eigenvalue weighted by Gasteiger charge is -2.13. The number of halogens is 1. The van der Waals surface area contributed by atoms with Crippen LogP contribution in [0.4, 0.5) is 17.3 Å². The molecule has 0 aliphatic carbocycles. The number of carbonyl (C=O) groups is 1. The normalized spacial score (nSPS) is 11.6. The van der Waals surface area contributed by atoms with Crippen molar-refractivity contribution in [3.05, 3.63) is 94.9 Å². The van der Waals surface area contributed by atoms with Crippen LogP contribution < -0.4 is 10.6 Å². The van der Waals surface area contributed by atoms with Crippen LogP contribution in [-0.4, -0.2) is 29.6 Å². The van der Waals surface area contributed by atoms with Crippen LogP contribution in [0.2, 0.25) is 5.02 Å². The van der Waals surface area contributed by atoms with E-state index in [-0.39, 0.29) is 16.7 Å². The first-order valence-electron chi connectivity index (χ1n) is 10.2. The summed E-state index contributed by atoms with van der Waals surface area (Å²) < 4.78 is 22.1. The van der Waals surface area contributed by atoms with E-state index in [9.17, 15) is 13.6 Å². The SMILES string of the molecule is Cc1ccc(NC(=O)c2ccc(Cl)c(CS(=O)[O-])c2)cc1Nc1nccc(-c2cccnc2)n1. The van der Waals surface area contributed by atoms with Gasteiger partial charge in [0, 0.05) is 51.9 Å². The fourth-order valence-electron chi connectivity index (χ4n) is 3.21. The van der Waals surface area contributed by atoms with E-state index in [0.29, 0.717) is 22.8 Å². The van der Waals surface area contributed by atoms with Gasteiger partial charge in [-0.3, -0.25) is 14.0 Å². The zero-order valence-electron chi connectivity index (χ0n) is 18.0. The predicted molar refractivity (Wildman–Crippen MR) is 132 cm³/mol. The third-order valence-electron chi connectivity index (χ3n) is 4.94. The molecule has 0 aliphatic rings. The number of aromatic nitrogens is 3. The van der Waals surface area contributed by atoms with Gasteiger partial charge >= 0.3 is 0 Å². The summed E-state index contributed by atoms with van der Waals surface area (Å²) in [5.41, 5.74) is 4.45. The first-order chi connectivity index (χ1) is 16.4. The van der Waals surface area contributed by atoms with Crippen molar-refractivity contribution in [1.29, 1.82) is 0 Å². The summed E-state index contributed by atoms with van der Waals surface area (Å²) >= 11 is 3.73. The third kappa shape index (κ3) is 5.82. The monoisotopic (exact) mass is 492 g/mol. The lowest BCUT2D eigenvalue weighted by molar-refractivity contribution is 0.102. The van der Waals surface area contributed by atoms with Crippen LogP contribution in [-0.2, 0) is 16.8 Å². The number of hydrogen-bond acceptors (Lipinski definition) is 7. The Morgan fingerprint density at radius 1 is 1.12 bits per heavy atom. The molecule has 2 aromatic heterocycles. The standard InChI is InChI=1S/C24H20ClN5O3S/c1-15-4-6-19(28-23(31)16-5-7-20(25)18(11-16)14-34(32)33)12-22(15)30-24-27-10-8-21(29-24)17-3-2-9-26-13-17/h2-13H,14H2,1H3,(H,28,31)(H,32,33)(H,27,29,30)/p-1. The van der Waals surface area contributed by atoms with E-state index in [1.165, 1.54) is 12.1 Å². The van der Waals surface area contributed by atoms with Crippen molar-refractivity contribution in [2.75, 3.05) is 10.6 Å². The van der Waals surface area contributed by atoms with Gasteiger partial charge in [-0.25, -0.2) is 9.97 Å². The molecule has 34 heavy (non-hydrogen) atoms. The highest BCUT2D eigenvalue weighted by Crippen LogP contribution is 2.25. The lowest BCUT2D eigenvalue weighted by atomic mass is 10.1. The number of rotatable bonds is 7. The number of amides is 1. The second-order valence-electron chi connectivity index (χ2n) is 7.37. The van der Waals surface area contributed by atoms with Gasteiger partial charge in [0.2, 0.25) is 5.95 Å². The summed E-state index contributed by atoms with van der Waals surface area (Å²) in [6, 6.07) is 15.5. The number of pyridine rings is 1. The topological polar surface area (TPSA) is 120 Å². The van der Waals surface area contributed by atoms with Crippen molar-refractivity contribution >= 4 is 45.9 Å². The van der Waals surface area contributed by atoms with Gasteiger partial charge < -0.3 is 15.2 Å². The molecule has 2 heterocycles. The van der Waals surface area contributed by atoms with Gasteiger partial charge in [0.1, 0.15) is 0 Å². The van der Waals surface area contributed by atoms with E-state index in [1.54, 1.807) is 42.9 Å². The summed E-state index contributed by atoms with van der Waals surface area (Å²) in [5, 5.41) is 6.31. The van der Waals surface area contributed by atoms with Gasteiger partial charge in [0.25, 0.3) is 5.91 Å². The van der Waals surface area contributed by atoms with Crippen LogP contribution in [0.1, 0.15) is 21.5 Å². The zero-order chi connectivity index (χ0) is 24.1. The molecule has 0 saturated carbocycles. The molecule has 2 N–H and O–H groups in total. The Bertz CT molecular complexity index is 1370. The fraction of sp³-hybridized carbons (Fsp3) is 0.0833. The molecule has 4 rings (SSSR count). The molecule has 1 amide bonds. The molecule has 0 radical (unpaired) electrons. The molecule has 1 unspecified atom stereocenters. The maximum absolute atomic E-state index is 12.8. The van der Waals surface area contributed by atoms with Crippen LogP contribution in [0, 0.1) is 6.92 Å². The minimum atomic E-state index is -2.32. The maximum Gasteiger partial charge on any atom is 0.255 e. The minimum Gasteiger partial charge on any atom is -0.772 e. The average Bonchev–Trinajstić information content (AvgIpc) is 2.83. The van der Waals surface area contributed by atoms with Crippen LogP contribution in [0.25, 0.3) is 11.3 Å². The van der Waals surface area contributed by atoms with Gasteiger partial charge in [-0.1, -0.05) is 28.7 Å². The summed E-state index contributed by atoms with van der Waals surface area (Å²) in [7, 11) is 0. The number of nitrogens with zero attached hydrogens (tertiary/aromatic N) is 3. The van der Waals surface area contributed by atoms with Crippen molar-refractivity contribution in [3.8, 4) is 11.3 Å². The van der Waals surface area contributed by atoms with E-state index < -0.39 is 11.1 Å². The molecule has 8 nitrogen and oxygen atoms in total. The van der Waals surface area contributed by atoms with Gasteiger partial charge in [-0.2, -0.15) is 0 Å². The van der Waals surface area contributed by atoms with Crippen LogP contribution in [0.3, 0.4) is 0 Å². The average molecular weight is 493 g/mol. The number of anilines is 3. The molecule has 0 fully saturated rings. The molecule has 172 valence electrons. The van der Waals surface area contributed by atoms with Crippen molar-refractivity contribution in [2.24, 2.45) is 0 Å². The second-order valence-corrected chi connectivity index (χ2v) is 8.67.